The molecule has 1 heterocycles. The molecule has 0 spiro atoms. The monoisotopic (exact) mass is 291 g/mol. The van der Waals surface area contributed by atoms with Gasteiger partial charge in [-0.05, 0) is 43.7 Å². The van der Waals surface area contributed by atoms with Gasteiger partial charge >= 0.3 is 5.97 Å². The zero-order chi connectivity index (χ0) is 15.1. The van der Waals surface area contributed by atoms with Crippen molar-refractivity contribution >= 4 is 11.9 Å². The van der Waals surface area contributed by atoms with Gasteiger partial charge in [-0.2, -0.15) is 0 Å². The molecule has 0 bridgehead atoms. The number of amides is 1. The summed E-state index contributed by atoms with van der Waals surface area (Å²) in [6.07, 6.45) is 2.80. The molecule has 1 saturated heterocycles. The average Bonchev–Trinajstić information content (AvgIpc) is 3.00. The first kappa shape index (κ1) is 14.0. The zero-order valence-electron chi connectivity index (χ0n) is 11.9. The van der Waals surface area contributed by atoms with Gasteiger partial charge in [0.2, 0.25) is 0 Å². The second kappa shape index (κ2) is 5.13. The van der Waals surface area contributed by atoms with Crippen LogP contribution in [0.3, 0.4) is 0 Å². The summed E-state index contributed by atoms with van der Waals surface area (Å²) < 4.78 is 13.9. The van der Waals surface area contributed by atoms with Crippen LogP contribution < -0.4 is 0 Å². The standard InChI is InChI=1S/C16H18FNO3/c1-9-5-6-13(17)12(7-9)15(19)18-8-10-3-2-4-11(10)14(18)16(20)21/h5-7,10-11,14H,2-4,8H2,1H3,(H,20,21). The number of nitrogens with zero attached hydrogens (tertiary/aromatic N) is 1. The molecule has 5 heteroatoms. The Labute approximate surface area is 122 Å². The number of benzene rings is 1. The molecule has 3 atom stereocenters. The topological polar surface area (TPSA) is 57.6 Å². The number of halogens is 1. The largest absolute Gasteiger partial charge is 0.480 e. The van der Waals surface area contributed by atoms with Crippen LogP contribution in [0.1, 0.15) is 35.2 Å². The van der Waals surface area contributed by atoms with Crippen LogP contribution in [0.15, 0.2) is 18.2 Å². The van der Waals surface area contributed by atoms with Gasteiger partial charge in [0, 0.05) is 6.54 Å². The van der Waals surface area contributed by atoms with E-state index < -0.39 is 23.7 Å². The van der Waals surface area contributed by atoms with E-state index in [9.17, 15) is 19.1 Å². The molecule has 2 aliphatic rings. The van der Waals surface area contributed by atoms with Crippen LogP contribution in [0.2, 0.25) is 0 Å². The van der Waals surface area contributed by atoms with Crippen molar-refractivity contribution in [3.05, 3.63) is 35.1 Å². The number of fused-ring (bicyclic) bond motifs is 1. The maximum absolute atomic E-state index is 13.9. The molecule has 0 radical (unpaired) electrons. The summed E-state index contributed by atoms with van der Waals surface area (Å²) in [7, 11) is 0. The van der Waals surface area contributed by atoms with Gasteiger partial charge in [0.25, 0.3) is 5.91 Å². The molecule has 3 unspecified atom stereocenters. The number of carbonyl (C=O) groups excluding carboxylic acids is 1. The maximum Gasteiger partial charge on any atom is 0.326 e. The Morgan fingerprint density at radius 1 is 1.33 bits per heavy atom. The highest BCUT2D eigenvalue weighted by molar-refractivity contribution is 5.97. The van der Waals surface area contributed by atoms with Crippen molar-refractivity contribution in [2.24, 2.45) is 11.8 Å². The fourth-order valence-electron chi connectivity index (χ4n) is 3.79. The molecule has 1 amide bonds. The summed E-state index contributed by atoms with van der Waals surface area (Å²) in [5, 5.41) is 9.46. The molecule has 1 aromatic carbocycles. The molecule has 1 aliphatic carbocycles. The third-order valence-electron chi connectivity index (χ3n) is 4.76. The Kier molecular flexibility index (Phi) is 3.43. The average molecular weight is 291 g/mol. The summed E-state index contributed by atoms with van der Waals surface area (Å²) in [4.78, 5) is 25.5. The number of hydrogen-bond acceptors (Lipinski definition) is 2. The van der Waals surface area contributed by atoms with Crippen molar-refractivity contribution in [1.82, 2.24) is 4.90 Å². The quantitative estimate of drug-likeness (QED) is 0.910. The number of carboxylic acids is 1. The van der Waals surface area contributed by atoms with E-state index >= 15 is 0 Å². The summed E-state index contributed by atoms with van der Waals surface area (Å²) in [6, 6.07) is 3.53. The lowest BCUT2D eigenvalue weighted by Gasteiger charge is -2.24. The summed E-state index contributed by atoms with van der Waals surface area (Å²) in [5.74, 6) is -1.82. The van der Waals surface area contributed by atoms with Gasteiger partial charge in [-0.3, -0.25) is 4.79 Å². The number of carbonyl (C=O) groups is 2. The molecule has 0 aromatic heterocycles. The van der Waals surface area contributed by atoms with E-state index in [1.807, 2.05) is 0 Å². The second-order valence-corrected chi connectivity index (χ2v) is 6.08. The lowest BCUT2D eigenvalue weighted by Crippen LogP contribution is -2.43. The first-order valence-corrected chi connectivity index (χ1v) is 7.29. The predicted octanol–water partition coefficient (Wildman–Crippen LogP) is 2.46. The number of likely N-dealkylation sites (tertiary alicyclic amines) is 1. The highest BCUT2D eigenvalue weighted by atomic mass is 19.1. The van der Waals surface area contributed by atoms with Gasteiger partial charge < -0.3 is 10.0 Å². The second-order valence-electron chi connectivity index (χ2n) is 6.08. The van der Waals surface area contributed by atoms with E-state index in [0.29, 0.717) is 6.54 Å². The normalized spacial score (nSPS) is 27.7. The lowest BCUT2D eigenvalue weighted by atomic mass is 9.94. The minimum atomic E-state index is -0.981. The predicted molar refractivity (Wildman–Crippen MR) is 74.4 cm³/mol. The Bertz CT molecular complexity index is 601. The first-order valence-electron chi connectivity index (χ1n) is 7.29. The van der Waals surface area contributed by atoms with Crippen molar-refractivity contribution in [3.63, 3.8) is 0 Å². The van der Waals surface area contributed by atoms with Crippen LogP contribution in [-0.2, 0) is 4.79 Å². The molecule has 4 nitrogen and oxygen atoms in total. The lowest BCUT2D eigenvalue weighted by molar-refractivity contribution is -0.142. The van der Waals surface area contributed by atoms with Crippen molar-refractivity contribution < 1.29 is 19.1 Å². The van der Waals surface area contributed by atoms with Gasteiger partial charge in [0.15, 0.2) is 0 Å². The number of aryl methyl sites for hydroxylation is 1. The number of carboxylic acid groups (broad SMARTS) is 1. The molecule has 1 saturated carbocycles. The fraction of sp³-hybridized carbons (Fsp3) is 0.500. The molecular weight excluding hydrogens is 273 g/mol. The molecule has 1 N–H and O–H groups in total. The van der Waals surface area contributed by atoms with Crippen LogP contribution in [0.4, 0.5) is 4.39 Å². The molecule has 1 aliphatic heterocycles. The van der Waals surface area contributed by atoms with E-state index in [-0.39, 0.29) is 17.4 Å². The van der Waals surface area contributed by atoms with Crippen LogP contribution in [0.25, 0.3) is 0 Å². The maximum atomic E-state index is 13.9. The van der Waals surface area contributed by atoms with Crippen LogP contribution in [0.5, 0.6) is 0 Å². The Balaban J connectivity index is 1.93. The fourth-order valence-corrected chi connectivity index (χ4v) is 3.79. The molecular formula is C16H18FNO3. The minimum absolute atomic E-state index is 0.0133. The third-order valence-corrected chi connectivity index (χ3v) is 4.76. The first-order chi connectivity index (χ1) is 9.99. The Hall–Kier alpha value is -1.91. The van der Waals surface area contributed by atoms with E-state index in [1.54, 1.807) is 13.0 Å². The van der Waals surface area contributed by atoms with Gasteiger partial charge in [-0.1, -0.05) is 18.1 Å². The molecule has 1 aromatic rings. The van der Waals surface area contributed by atoms with E-state index in [4.69, 9.17) is 0 Å². The van der Waals surface area contributed by atoms with E-state index in [0.717, 1.165) is 24.8 Å². The summed E-state index contributed by atoms with van der Waals surface area (Å²) in [6.45, 7) is 2.21. The Morgan fingerprint density at radius 3 is 2.81 bits per heavy atom. The highest BCUT2D eigenvalue weighted by Crippen LogP contribution is 2.42. The number of aliphatic carboxylic acids is 1. The van der Waals surface area contributed by atoms with E-state index in [1.165, 1.54) is 17.0 Å². The van der Waals surface area contributed by atoms with Gasteiger partial charge in [0.05, 0.1) is 5.56 Å². The SMILES string of the molecule is Cc1ccc(F)c(C(=O)N2CC3CCCC3C2C(=O)O)c1. The van der Waals surface area contributed by atoms with Crippen LogP contribution >= 0.6 is 0 Å². The molecule has 3 rings (SSSR count). The van der Waals surface area contributed by atoms with Crippen molar-refractivity contribution in [2.45, 2.75) is 32.2 Å². The van der Waals surface area contributed by atoms with Crippen LogP contribution in [-0.4, -0.2) is 34.5 Å². The molecule has 2 fully saturated rings. The van der Waals surface area contributed by atoms with Crippen molar-refractivity contribution in [3.8, 4) is 0 Å². The molecule has 21 heavy (non-hydrogen) atoms. The van der Waals surface area contributed by atoms with Gasteiger partial charge in [-0.25, -0.2) is 9.18 Å². The van der Waals surface area contributed by atoms with Crippen molar-refractivity contribution in [1.29, 1.82) is 0 Å². The van der Waals surface area contributed by atoms with Crippen molar-refractivity contribution in [2.75, 3.05) is 6.54 Å². The van der Waals surface area contributed by atoms with Gasteiger partial charge in [0.1, 0.15) is 11.9 Å². The zero-order valence-corrected chi connectivity index (χ0v) is 11.9. The highest BCUT2D eigenvalue weighted by Gasteiger charge is 2.49. The minimum Gasteiger partial charge on any atom is -0.480 e. The third kappa shape index (κ3) is 2.30. The Morgan fingerprint density at radius 2 is 2.10 bits per heavy atom. The van der Waals surface area contributed by atoms with Crippen LogP contribution in [0, 0.1) is 24.6 Å². The van der Waals surface area contributed by atoms with E-state index in [2.05, 4.69) is 0 Å². The van der Waals surface area contributed by atoms with Gasteiger partial charge in [-0.15, -0.1) is 0 Å². The summed E-state index contributed by atoms with van der Waals surface area (Å²) >= 11 is 0. The number of rotatable bonds is 2. The molecule has 112 valence electrons. The number of hydrogen-bond donors (Lipinski definition) is 1. The summed E-state index contributed by atoms with van der Waals surface area (Å²) in [5.41, 5.74) is 0.757. The smallest absolute Gasteiger partial charge is 0.326 e.